The van der Waals surface area contributed by atoms with E-state index in [9.17, 15) is 4.79 Å². The third-order valence-corrected chi connectivity index (χ3v) is 5.25. The highest BCUT2D eigenvalue weighted by Gasteiger charge is 2.16. The van der Waals surface area contributed by atoms with Gasteiger partial charge >= 0.3 is 0 Å². The molecule has 1 amide bonds. The predicted octanol–water partition coefficient (Wildman–Crippen LogP) is 2.49. The lowest BCUT2D eigenvalue weighted by Gasteiger charge is -2.28. The fourth-order valence-electron chi connectivity index (χ4n) is 3.58. The van der Waals surface area contributed by atoms with E-state index in [1.807, 2.05) is 17.0 Å². The van der Waals surface area contributed by atoms with E-state index in [0.717, 1.165) is 70.0 Å². The molecule has 0 atom stereocenters. The van der Waals surface area contributed by atoms with Crippen LogP contribution in [0, 0.1) is 0 Å². The largest absolute Gasteiger partial charge is 0.379 e. The molecule has 0 bridgehead atoms. The zero-order valence-corrected chi connectivity index (χ0v) is 18.0. The van der Waals surface area contributed by atoms with Crippen LogP contribution in [0.5, 0.6) is 0 Å². The Morgan fingerprint density at radius 3 is 2.73 bits per heavy atom. The average Bonchev–Trinajstić information content (AvgIpc) is 3.22. The molecule has 0 spiro atoms. The normalized spacial score (nSPS) is 14.7. The van der Waals surface area contributed by atoms with Crippen LogP contribution in [0.1, 0.15) is 49.9 Å². The minimum Gasteiger partial charge on any atom is -0.379 e. The first-order valence-corrected chi connectivity index (χ1v) is 11.0. The number of carbonyl (C=O) groups excluding carboxylic acids is 1. The molecule has 0 unspecified atom stereocenters. The summed E-state index contributed by atoms with van der Waals surface area (Å²) in [6.45, 7) is 8.00. The summed E-state index contributed by atoms with van der Waals surface area (Å²) in [5.41, 5.74) is 1.10. The van der Waals surface area contributed by atoms with Crippen LogP contribution >= 0.6 is 0 Å². The van der Waals surface area contributed by atoms with Gasteiger partial charge in [-0.3, -0.25) is 14.7 Å². The molecule has 0 N–H and O–H groups in total. The second-order valence-corrected chi connectivity index (χ2v) is 7.69. The molecule has 0 radical (unpaired) electrons. The second-order valence-electron chi connectivity index (χ2n) is 7.69. The molecule has 1 aliphatic rings. The lowest BCUT2D eigenvalue weighted by atomic mass is 10.2. The number of ether oxygens (including phenoxy) is 1. The van der Waals surface area contributed by atoms with E-state index < -0.39 is 0 Å². The van der Waals surface area contributed by atoms with Crippen molar-refractivity contribution in [2.45, 2.75) is 52.0 Å². The summed E-state index contributed by atoms with van der Waals surface area (Å²) in [5, 5.41) is 3.98. The number of pyridine rings is 1. The lowest BCUT2D eigenvalue weighted by Crippen LogP contribution is -2.39. The van der Waals surface area contributed by atoms with Crippen LogP contribution in [-0.4, -0.2) is 70.2 Å². The van der Waals surface area contributed by atoms with E-state index >= 15 is 0 Å². The Morgan fingerprint density at radius 2 is 1.97 bits per heavy atom. The molecular formula is C22H33N5O3. The number of morpholine rings is 1. The van der Waals surface area contributed by atoms with Gasteiger partial charge in [-0.25, -0.2) is 0 Å². The van der Waals surface area contributed by atoms with E-state index in [2.05, 4.69) is 26.9 Å². The molecule has 1 aliphatic heterocycles. The standard InChI is InChI=1S/C22H33N5O3/c1-2-5-20-24-21(30-25-20)6-3-7-22(28)27(18-19-8-10-23-11-9-19)13-4-12-26-14-16-29-17-15-26/h8-11H,2-7,12-18H2,1H3. The maximum absolute atomic E-state index is 12.9. The topological polar surface area (TPSA) is 84.6 Å². The van der Waals surface area contributed by atoms with Crippen molar-refractivity contribution in [1.82, 2.24) is 24.9 Å². The molecule has 0 aromatic carbocycles. The Morgan fingerprint density at radius 1 is 1.17 bits per heavy atom. The minimum absolute atomic E-state index is 0.169. The first kappa shape index (κ1) is 22.4. The van der Waals surface area contributed by atoms with Gasteiger partial charge in [-0.05, 0) is 37.0 Å². The third-order valence-electron chi connectivity index (χ3n) is 5.25. The quantitative estimate of drug-likeness (QED) is 0.526. The summed E-state index contributed by atoms with van der Waals surface area (Å²) in [5.74, 6) is 1.54. The zero-order valence-electron chi connectivity index (χ0n) is 18.0. The van der Waals surface area contributed by atoms with Crippen molar-refractivity contribution in [2.75, 3.05) is 39.4 Å². The number of aromatic nitrogens is 3. The monoisotopic (exact) mass is 415 g/mol. The van der Waals surface area contributed by atoms with E-state index in [-0.39, 0.29) is 5.91 Å². The van der Waals surface area contributed by atoms with Gasteiger partial charge in [0, 0.05) is 64.4 Å². The van der Waals surface area contributed by atoms with Gasteiger partial charge in [0.05, 0.1) is 13.2 Å². The van der Waals surface area contributed by atoms with Crippen LogP contribution in [0.4, 0.5) is 0 Å². The van der Waals surface area contributed by atoms with E-state index in [0.29, 0.717) is 31.7 Å². The van der Waals surface area contributed by atoms with Crippen molar-refractivity contribution >= 4 is 5.91 Å². The summed E-state index contributed by atoms with van der Waals surface area (Å²) in [7, 11) is 0. The first-order chi connectivity index (χ1) is 14.7. The van der Waals surface area contributed by atoms with Crippen molar-refractivity contribution in [3.8, 4) is 0 Å². The summed E-state index contributed by atoms with van der Waals surface area (Å²) in [6.07, 6.45) is 8.15. The number of aryl methyl sites for hydroxylation is 2. The Labute approximate surface area is 178 Å². The van der Waals surface area contributed by atoms with E-state index in [1.165, 1.54) is 0 Å². The highest BCUT2D eigenvalue weighted by Crippen LogP contribution is 2.11. The predicted molar refractivity (Wildman–Crippen MR) is 113 cm³/mol. The molecule has 3 rings (SSSR count). The Balaban J connectivity index is 1.48. The molecule has 3 heterocycles. The van der Waals surface area contributed by atoms with Crippen molar-refractivity contribution < 1.29 is 14.1 Å². The molecule has 1 saturated heterocycles. The fraction of sp³-hybridized carbons (Fsp3) is 0.636. The molecule has 164 valence electrons. The van der Waals surface area contributed by atoms with E-state index in [1.54, 1.807) is 12.4 Å². The average molecular weight is 416 g/mol. The Hall–Kier alpha value is -2.32. The van der Waals surface area contributed by atoms with Crippen LogP contribution in [-0.2, 0) is 28.9 Å². The van der Waals surface area contributed by atoms with Gasteiger partial charge in [-0.1, -0.05) is 12.1 Å². The highest BCUT2D eigenvalue weighted by molar-refractivity contribution is 5.76. The number of nitrogens with zero attached hydrogens (tertiary/aromatic N) is 5. The maximum atomic E-state index is 12.9. The van der Waals surface area contributed by atoms with Crippen LogP contribution < -0.4 is 0 Å². The van der Waals surface area contributed by atoms with Gasteiger partial charge in [0.1, 0.15) is 0 Å². The minimum atomic E-state index is 0.169. The van der Waals surface area contributed by atoms with Crippen LogP contribution in [0.3, 0.4) is 0 Å². The molecule has 0 aliphatic carbocycles. The molecule has 2 aromatic heterocycles. The summed E-state index contributed by atoms with van der Waals surface area (Å²) >= 11 is 0. The third kappa shape index (κ3) is 7.50. The van der Waals surface area contributed by atoms with Crippen molar-refractivity contribution in [3.05, 3.63) is 41.8 Å². The van der Waals surface area contributed by atoms with Crippen molar-refractivity contribution in [2.24, 2.45) is 0 Å². The van der Waals surface area contributed by atoms with Crippen LogP contribution in [0.25, 0.3) is 0 Å². The molecule has 8 nitrogen and oxygen atoms in total. The lowest BCUT2D eigenvalue weighted by molar-refractivity contribution is -0.132. The van der Waals surface area contributed by atoms with Crippen LogP contribution in [0.15, 0.2) is 29.0 Å². The van der Waals surface area contributed by atoms with E-state index in [4.69, 9.17) is 9.26 Å². The zero-order chi connectivity index (χ0) is 21.0. The molecular weight excluding hydrogens is 382 g/mol. The molecule has 2 aromatic rings. The van der Waals surface area contributed by atoms with Gasteiger partial charge in [0.15, 0.2) is 5.82 Å². The van der Waals surface area contributed by atoms with Gasteiger partial charge in [0.25, 0.3) is 0 Å². The number of hydrogen-bond acceptors (Lipinski definition) is 7. The van der Waals surface area contributed by atoms with Gasteiger partial charge in [-0.15, -0.1) is 0 Å². The molecule has 30 heavy (non-hydrogen) atoms. The van der Waals surface area contributed by atoms with Gasteiger partial charge in [-0.2, -0.15) is 4.98 Å². The maximum Gasteiger partial charge on any atom is 0.226 e. The fourth-order valence-corrected chi connectivity index (χ4v) is 3.58. The number of hydrogen-bond donors (Lipinski definition) is 0. The Bertz CT molecular complexity index is 746. The summed E-state index contributed by atoms with van der Waals surface area (Å²) in [4.78, 5) is 25.8. The SMILES string of the molecule is CCCc1noc(CCCC(=O)N(CCCN2CCOCC2)Cc2ccncc2)n1. The summed E-state index contributed by atoms with van der Waals surface area (Å²) in [6, 6.07) is 3.94. The summed E-state index contributed by atoms with van der Waals surface area (Å²) < 4.78 is 10.7. The number of carbonyl (C=O) groups is 1. The van der Waals surface area contributed by atoms with Crippen molar-refractivity contribution in [1.29, 1.82) is 0 Å². The molecule has 1 fully saturated rings. The molecule has 8 heteroatoms. The highest BCUT2D eigenvalue weighted by atomic mass is 16.5. The number of rotatable bonds is 12. The number of amides is 1. The first-order valence-electron chi connectivity index (χ1n) is 11.0. The van der Waals surface area contributed by atoms with Gasteiger partial charge < -0.3 is 14.2 Å². The Kier molecular flexibility index (Phi) is 9.24. The van der Waals surface area contributed by atoms with Crippen LogP contribution in [0.2, 0.25) is 0 Å². The smallest absolute Gasteiger partial charge is 0.226 e. The second kappa shape index (κ2) is 12.4. The molecule has 0 saturated carbocycles. The van der Waals surface area contributed by atoms with Crippen molar-refractivity contribution in [3.63, 3.8) is 0 Å². The van der Waals surface area contributed by atoms with Gasteiger partial charge in [0.2, 0.25) is 11.8 Å².